The first-order valence-electron chi connectivity index (χ1n) is 5.82. The number of hydrogen-bond donors (Lipinski definition) is 1. The zero-order valence-corrected chi connectivity index (χ0v) is 11.2. The van der Waals surface area contributed by atoms with Crippen molar-refractivity contribution >= 4 is 27.3 Å². The lowest BCUT2D eigenvalue weighted by Gasteiger charge is -2.18. The SMILES string of the molecule is CCC(Nc1ccc([N+](=O)[O-])cc1Br)C1CC1. The van der Waals surface area contributed by atoms with Gasteiger partial charge in [-0.2, -0.15) is 0 Å². The Labute approximate surface area is 109 Å². The molecule has 0 aromatic heterocycles. The molecule has 0 spiro atoms. The van der Waals surface area contributed by atoms with Crippen LogP contribution in [-0.4, -0.2) is 11.0 Å². The van der Waals surface area contributed by atoms with Gasteiger partial charge in [-0.25, -0.2) is 0 Å². The maximum absolute atomic E-state index is 10.6. The Bertz CT molecular complexity index is 433. The maximum atomic E-state index is 10.6. The molecule has 0 aliphatic heterocycles. The molecule has 1 aliphatic carbocycles. The molecule has 4 nitrogen and oxygen atoms in total. The van der Waals surface area contributed by atoms with Crippen molar-refractivity contribution in [3.63, 3.8) is 0 Å². The number of benzene rings is 1. The second-order valence-corrected chi connectivity index (χ2v) is 5.27. The Morgan fingerprint density at radius 1 is 1.59 bits per heavy atom. The third-order valence-electron chi connectivity index (χ3n) is 3.14. The topological polar surface area (TPSA) is 55.2 Å². The van der Waals surface area contributed by atoms with Crippen LogP contribution in [0.3, 0.4) is 0 Å². The van der Waals surface area contributed by atoms with Crippen molar-refractivity contribution in [1.82, 2.24) is 0 Å². The minimum Gasteiger partial charge on any atom is -0.381 e. The van der Waals surface area contributed by atoms with Crippen LogP contribution in [0.1, 0.15) is 26.2 Å². The van der Waals surface area contributed by atoms with Crippen LogP contribution in [0, 0.1) is 16.0 Å². The highest BCUT2D eigenvalue weighted by Crippen LogP contribution is 2.37. The van der Waals surface area contributed by atoms with Crippen LogP contribution >= 0.6 is 15.9 Å². The average Bonchev–Trinajstić information content (AvgIpc) is 3.11. The molecule has 92 valence electrons. The minimum absolute atomic E-state index is 0.113. The lowest BCUT2D eigenvalue weighted by Crippen LogP contribution is -2.20. The van der Waals surface area contributed by atoms with Crippen molar-refractivity contribution in [2.45, 2.75) is 32.2 Å². The molecular formula is C12H15BrN2O2. The first kappa shape index (κ1) is 12.4. The van der Waals surface area contributed by atoms with Gasteiger partial charge in [0.05, 0.1) is 4.92 Å². The summed E-state index contributed by atoms with van der Waals surface area (Å²) in [7, 11) is 0. The number of nitro benzene ring substituents is 1. The number of anilines is 1. The predicted octanol–water partition coefficient (Wildman–Crippen LogP) is 3.96. The highest BCUT2D eigenvalue weighted by atomic mass is 79.9. The molecule has 17 heavy (non-hydrogen) atoms. The second kappa shape index (κ2) is 5.04. The van der Waals surface area contributed by atoms with Crippen molar-refractivity contribution in [3.8, 4) is 0 Å². The van der Waals surface area contributed by atoms with Gasteiger partial charge in [0.1, 0.15) is 0 Å². The molecule has 0 radical (unpaired) electrons. The number of nitro groups is 1. The van der Waals surface area contributed by atoms with Gasteiger partial charge in [-0.3, -0.25) is 10.1 Å². The quantitative estimate of drug-likeness (QED) is 0.661. The minimum atomic E-state index is -0.382. The van der Waals surface area contributed by atoms with Crippen LogP contribution < -0.4 is 5.32 Å². The van der Waals surface area contributed by atoms with Gasteiger partial charge in [0.15, 0.2) is 0 Å². The van der Waals surface area contributed by atoms with Gasteiger partial charge in [-0.15, -0.1) is 0 Å². The molecule has 1 aromatic rings. The Morgan fingerprint density at radius 2 is 2.29 bits per heavy atom. The summed E-state index contributed by atoms with van der Waals surface area (Å²) in [5.74, 6) is 0.766. The molecule has 1 aliphatic rings. The van der Waals surface area contributed by atoms with Gasteiger partial charge in [0, 0.05) is 28.3 Å². The summed E-state index contributed by atoms with van der Waals surface area (Å²) in [6, 6.07) is 5.33. The fraction of sp³-hybridized carbons (Fsp3) is 0.500. The van der Waals surface area contributed by atoms with E-state index in [0.29, 0.717) is 6.04 Å². The molecule has 1 unspecified atom stereocenters. The van der Waals surface area contributed by atoms with Crippen LogP contribution in [0.4, 0.5) is 11.4 Å². The average molecular weight is 299 g/mol. The maximum Gasteiger partial charge on any atom is 0.270 e. The lowest BCUT2D eigenvalue weighted by molar-refractivity contribution is -0.384. The fourth-order valence-electron chi connectivity index (χ4n) is 1.99. The molecule has 0 bridgehead atoms. The molecule has 0 amide bonds. The van der Waals surface area contributed by atoms with Gasteiger partial charge in [0.25, 0.3) is 5.69 Å². The molecule has 0 heterocycles. The number of hydrogen-bond acceptors (Lipinski definition) is 3. The number of halogens is 1. The Balaban J connectivity index is 2.12. The molecule has 2 rings (SSSR count). The summed E-state index contributed by atoms with van der Waals surface area (Å²) in [6.45, 7) is 2.16. The molecule has 1 atom stereocenters. The number of rotatable bonds is 5. The largest absolute Gasteiger partial charge is 0.381 e. The van der Waals surface area contributed by atoms with Crippen LogP contribution in [0.5, 0.6) is 0 Å². The summed E-state index contributed by atoms with van der Waals surface area (Å²) >= 11 is 3.38. The molecular weight excluding hydrogens is 284 g/mol. The number of nitrogens with one attached hydrogen (secondary N) is 1. The summed E-state index contributed by atoms with van der Waals surface area (Å²) in [6.07, 6.45) is 3.65. The van der Waals surface area contributed by atoms with E-state index in [9.17, 15) is 10.1 Å². The summed E-state index contributed by atoms with van der Waals surface area (Å²) in [5.41, 5.74) is 1.05. The zero-order chi connectivity index (χ0) is 12.4. The third-order valence-corrected chi connectivity index (χ3v) is 3.79. The first-order chi connectivity index (χ1) is 8.11. The standard InChI is InChI=1S/C12H15BrN2O2/c1-2-11(8-3-4-8)14-12-6-5-9(15(16)17)7-10(12)13/h5-8,11,14H,2-4H2,1H3. The third kappa shape index (κ3) is 2.97. The van der Waals surface area contributed by atoms with Crippen molar-refractivity contribution in [2.24, 2.45) is 5.92 Å². The van der Waals surface area contributed by atoms with E-state index in [-0.39, 0.29) is 10.6 Å². The van der Waals surface area contributed by atoms with E-state index in [1.54, 1.807) is 12.1 Å². The van der Waals surface area contributed by atoms with E-state index >= 15 is 0 Å². The van der Waals surface area contributed by atoms with E-state index in [0.717, 1.165) is 22.5 Å². The summed E-state index contributed by atoms with van der Waals surface area (Å²) in [5, 5.41) is 14.1. The molecule has 1 fully saturated rings. The summed E-state index contributed by atoms with van der Waals surface area (Å²) in [4.78, 5) is 10.2. The van der Waals surface area contributed by atoms with E-state index < -0.39 is 0 Å². The Hall–Kier alpha value is -1.10. The normalized spacial score (nSPS) is 16.6. The Kier molecular flexibility index (Phi) is 3.66. The smallest absolute Gasteiger partial charge is 0.270 e. The number of non-ortho nitro benzene ring substituents is 1. The van der Waals surface area contributed by atoms with Crippen LogP contribution in [0.25, 0.3) is 0 Å². The summed E-state index contributed by atoms with van der Waals surface area (Å²) < 4.78 is 0.755. The van der Waals surface area contributed by atoms with E-state index in [2.05, 4.69) is 28.2 Å². The van der Waals surface area contributed by atoms with Crippen molar-refractivity contribution in [3.05, 3.63) is 32.8 Å². The van der Waals surface area contributed by atoms with Crippen LogP contribution in [-0.2, 0) is 0 Å². The van der Waals surface area contributed by atoms with Crippen molar-refractivity contribution in [2.75, 3.05) is 5.32 Å². The monoisotopic (exact) mass is 298 g/mol. The van der Waals surface area contributed by atoms with Gasteiger partial charge < -0.3 is 5.32 Å². The van der Waals surface area contributed by atoms with E-state index in [1.165, 1.54) is 18.9 Å². The van der Waals surface area contributed by atoms with Gasteiger partial charge in [-0.05, 0) is 47.2 Å². The van der Waals surface area contributed by atoms with Crippen molar-refractivity contribution in [1.29, 1.82) is 0 Å². The van der Waals surface area contributed by atoms with Gasteiger partial charge >= 0.3 is 0 Å². The zero-order valence-electron chi connectivity index (χ0n) is 9.65. The van der Waals surface area contributed by atoms with Crippen molar-refractivity contribution < 1.29 is 4.92 Å². The van der Waals surface area contributed by atoms with E-state index in [4.69, 9.17) is 0 Å². The molecule has 1 N–H and O–H groups in total. The second-order valence-electron chi connectivity index (χ2n) is 4.42. The molecule has 5 heteroatoms. The van der Waals surface area contributed by atoms with Crippen LogP contribution in [0.2, 0.25) is 0 Å². The van der Waals surface area contributed by atoms with E-state index in [1.807, 2.05) is 0 Å². The molecule has 1 aromatic carbocycles. The Morgan fingerprint density at radius 3 is 2.76 bits per heavy atom. The predicted molar refractivity (Wildman–Crippen MR) is 71.2 cm³/mol. The molecule has 0 saturated heterocycles. The van der Waals surface area contributed by atoms with Gasteiger partial charge in [0.2, 0.25) is 0 Å². The first-order valence-corrected chi connectivity index (χ1v) is 6.61. The molecule has 1 saturated carbocycles. The number of nitrogens with zero attached hydrogens (tertiary/aromatic N) is 1. The highest BCUT2D eigenvalue weighted by Gasteiger charge is 2.30. The fourth-order valence-corrected chi connectivity index (χ4v) is 2.47. The van der Waals surface area contributed by atoms with Gasteiger partial charge in [-0.1, -0.05) is 6.92 Å². The highest BCUT2D eigenvalue weighted by molar-refractivity contribution is 9.10. The van der Waals surface area contributed by atoms with Crippen LogP contribution in [0.15, 0.2) is 22.7 Å². The lowest BCUT2D eigenvalue weighted by atomic mass is 10.1.